The van der Waals surface area contributed by atoms with E-state index < -0.39 is 12.2 Å². The molecule has 158 valence electrons. The van der Waals surface area contributed by atoms with Gasteiger partial charge in [-0.3, -0.25) is 4.99 Å². The second kappa shape index (κ2) is 6.79. The van der Waals surface area contributed by atoms with Gasteiger partial charge in [0.1, 0.15) is 12.2 Å². The number of aliphatic imine (C=N–C) groups is 1. The first-order valence-corrected chi connectivity index (χ1v) is 10.8. The molecule has 31 heavy (non-hydrogen) atoms. The molecular weight excluding hydrogens is 419 g/mol. The molecule has 6 nitrogen and oxygen atoms in total. The van der Waals surface area contributed by atoms with Gasteiger partial charge in [-0.15, -0.1) is 0 Å². The van der Waals surface area contributed by atoms with E-state index in [2.05, 4.69) is 15.3 Å². The van der Waals surface area contributed by atoms with Crippen LogP contribution in [0.15, 0.2) is 69.5 Å². The summed E-state index contributed by atoms with van der Waals surface area (Å²) in [6.45, 7) is 2.22. The summed E-state index contributed by atoms with van der Waals surface area (Å²) in [6, 6.07) is 3.17. The van der Waals surface area contributed by atoms with Crippen LogP contribution in [0.4, 0.5) is 4.39 Å². The Morgan fingerprint density at radius 2 is 2.16 bits per heavy atom. The number of hydrogen-bond acceptors (Lipinski definition) is 6. The third-order valence-electron chi connectivity index (χ3n) is 6.65. The van der Waals surface area contributed by atoms with E-state index in [1.807, 2.05) is 42.2 Å². The number of esters is 1. The van der Waals surface area contributed by atoms with Crippen LogP contribution in [0.25, 0.3) is 0 Å². The van der Waals surface area contributed by atoms with Crippen molar-refractivity contribution in [2.45, 2.75) is 37.1 Å². The number of halogens is 2. The highest BCUT2D eigenvalue weighted by atomic mass is 35.5. The standard InChI is InChI=1S/C23H20ClFN4O2/c1-11-5-14-19(8-16(11)25)29(9-12-6-17-18(7-15(12)24)28-10-27-17)21-20(14)13-3-2-4-26-22(13)31-23(21)30/h2-8,10-11,16-18,20-21H,9H2,1H3,(H,27,28). The maximum absolute atomic E-state index is 14.7. The Labute approximate surface area is 183 Å². The first-order chi connectivity index (χ1) is 15.0. The molecular formula is C23H20ClFN4O2. The summed E-state index contributed by atoms with van der Waals surface area (Å²) in [6.07, 6.45) is 9.70. The van der Waals surface area contributed by atoms with Gasteiger partial charge in [0.25, 0.3) is 0 Å². The van der Waals surface area contributed by atoms with E-state index in [4.69, 9.17) is 16.3 Å². The highest BCUT2D eigenvalue weighted by Gasteiger charge is 2.52. The summed E-state index contributed by atoms with van der Waals surface area (Å²) in [5.74, 6) is -0.572. The van der Waals surface area contributed by atoms with Crippen molar-refractivity contribution < 1.29 is 13.9 Å². The average Bonchev–Trinajstić information content (AvgIpc) is 3.32. The largest absolute Gasteiger partial charge is 0.406 e. The Bertz CT molecular complexity index is 1140. The van der Waals surface area contributed by atoms with Gasteiger partial charge in [0, 0.05) is 40.9 Å². The van der Waals surface area contributed by atoms with Gasteiger partial charge in [0.05, 0.1) is 18.4 Å². The van der Waals surface area contributed by atoms with Gasteiger partial charge in [-0.05, 0) is 29.4 Å². The number of carbonyl (C=O) groups is 1. The first-order valence-electron chi connectivity index (χ1n) is 10.4. The lowest BCUT2D eigenvalue weighted by Crippen LogP contribution is -2.45. The molecule has 6 unspecified atom stereocenters. The number of likely N-dealkylation sites (tertiary alicyclic amines) is 1. The smallest absolute Gasteiger partial charge is 0.336 e. The van der Waals surface area contributed by atoms with Crippen molar-refractivity contribution in [2.24, 2.45) is 10.9 Å². The average molecular weight is 439 g/mol. The van der Waals surface area contributed by atoms with E-state index in [-0.39, 0.29) is 29.9 Å². The van der Waals surface area contributed by atoms with Crippen LogP contribution in [-0.2, 0) is 4.79 Å². The summed E-state index contributed by atoms with van der Waals surface area (Å²) in [5.41, 5.74) is 3.41. The molecule has 6 atom stereocenters. The lowest BCUT2D eigenvalue weighted by Gasteiger charge is -2.33. The number of nitrogens with zero attached hydrogens (tertiary/aromatic N) is 3. The molecule has 0 radical (unpaired) electrons. The molecule has 1 aromatic rings. The molecule has 5 aliphatic rings. The number of nitrogens with one attached hydrogen (secondary N) is 1. The summed E-state index contributed by atoms with van der Waals surface area (Å²) in [7, 11) is 0. The highest BCUT2D eigenvalue weighted by Crippen LogP contribution is 2.52. The molecule has 0 saturated carbocycles. The van der Waals surface area contributed by atoms with Crippen molar-refractivity contribution in [1.29, 1.82) is 0 Å². The summed E-state index contributed by atoms with van der Waals surface area (Å²) < 4.78 is 20.3. The maximum atomic E-state index is 14.7. The van der Waals surface area contributed by atoms with E-state index in [0.717, 1.165) is 22.4 Å². The summed E-state index contributed by atoms with van der Waals surface area (Å²) >= 11 is 6.58. The molecule has 4 heterocycles. The number of hydrogen-bond donors (Lipinski definition) is 1. The summed E-state index contributed by atoms with van der Waals surface area (Å²) in [4.78, 5) is 23.6. The Morgan fingerprint density at radius 1 is 1.29 bits per heavy atom. The Kier molecular flexibility index (Phi) is 4.12. The zero-order chi connectivity index (χ0) is 21.3. The molecule has 2 aliphatic carbocycles. The molecule has 1 aromatic heterocycles. The van der Waals surface area contributed by atoms with Gasteiger partial charge in [0.2, 0.25) is 5.88 Å². The van der Waals surface area contributed by atoms with E-state index in [0.29, 0.717) is 17.5 Å². The monoisotopic (exact) mass is 438 g/mol. The predicted molar refractivity (Wildman–Crippen MR) is 115 cm³/mol. The zero-order valence-corrected chi connectivity index (χ0v) is 17.5. The minimum atomic E-state index is -1.12. The highest BCUT2D eigenvalue weighted by molar-refractivity contribution is 6.32. The van der Waals surface area contributed by atoms with Crippen molar-refractivity contribution >= 4 is 23.9 Å². The molecule has 6 rings (SSSR count). The van der Waals surface area contributed by atoms with Crippen LogP contribution < -0.4 is 10.1 Å². The molecule has 1 fully saturated rings. The maximum Gasteiger partial charge on any atom is 0.336 e. The molecule has 3 aliphatic heterocycles. The van der Waals surface area contributed by atoms with Crippen LogP contribution in [0.3, 0.4) is 0 Å². The Hall–Kier alpha value is -2.93. The van der Waals surface area contributed by atoms with Crippen LogP contribution in [0.5, 0.6) is 5.88 Å². The number of rotatable bonds is 2. The topological polar surface area (TPSA) is 66.8 Å². The normalized spacial score (nSPS) is 34.9. The fourth-order valence-corrected chi connectivity index (χ4v) is 5.37. The minimum Gasteiger partial charge on any atom is -0.406 e. The quantitative estimate of drug-likeness (QED) is 0.719. The van der Waals surface area contributed by atoms with E-state index in [1.54, 1.807) is 18.6 Å². The zero-order valence-electron chi connectivity index (χ0n) is 16.7. The van der Waals surface area contributed by atoms with Gasteiger partial charge >= 0.3 is 5.97 Å². The predicted octanol–water partition coefficient (Wildman–Crippen LogP) is 3.00. The molecule has 0 amide bonds. The van der Waals surface area contributed by atoms with Crippen molar-refractivity contribution in [3.8, 4) is 5.88 Å². The Balaban J connectivity index is 1.44. The number of fused-ring (bicyclic) bond motifs is 6. The van der Waals surface area contributed by atoms with Gasteiger partial charge in [-0.25, -0.2) is 14.2 Å². The second-order valence-corrected chi connectivity index (χ2v) is 8.92. The third kappa shape index (κ3) is 2.79. The van der Waals surface area contributed by atoms with Crippen LogP contribution in [0, 0.1) is 5.92 Å². The molecule has 0 aromatic carbocycles. The SMILES string of the molecule is CC1C=C2C(=CC1F)N(CC1=CC3NC=NC3C=C1Cl)C1C(=O)Oc3ncccc3C21. The fraction of sp³-hybridized carbons (Fsp3) is 0.348. The van der Waals surface area contributed by atoms with E-state index in [1.165, 1.54) is 0 Å². The third-order valence-corrected chi connectivity index (χ3v) is 7.02. The molecule has 1 N–H and O–H groups in total. The van der Waals surface area contributed by atoms with Gasteiger partial charge in [0.15, 0.2) is 0 Å². The van der Waals surface area contributed by atoms with E-state index >= 15 is 0 Å². The minimum absolute atomic E-state index is 0.0272. The molecule has 1 saturated heterocycles. The van der Waals surface area contributed by atoms with Crippen LogP contribution >= 0.6 is 11.6 Å². The fourth-order valence-electron chi connectivity index (χ4n) is 5.11. The Morgan fingerprint density at radius 3 is 3.03 bits per heavy atom. The lowest BCUT2D eigenvalue weighted by atomic mass is 9.82. The van der Waals surface area contributed by atoms with Gasteiger partial charge in [-0.1, -0.05) is 36.7 Å². The van der Waals surface area contributed by atoms with Crippen LogP contribution in [0.1, 0.15) is 18.4 Å². The molecule has 8 heteroatoms. The van der Waals surface area contributed by atoms with Crippen molar-refractivity contribution in [2.75, 3.05) is 6.54 Å². The molecule has 0 bridgehead atoms. The van der Waals surface area contributed by atoms with Crippen molar-refractivity contribution in [1.82, 2.24) is 15.2 Å². The number of allylic oxidation sites excluding steroid dienone is 3. The number of ether oxygens (including phenoxy) is 1. The van der Waals surface area contributed by atoms with Crippen LogP contribution in [0.2, 0.25) is 0 Å². The van der Waals surface area contributed by atoms with Crippen molar-refractivity contribution in [3.05, 3.63) is 70.1 Å². The number of carbonyl (C=O) groups excluding carboxylic acids is 1. The second-order valence-electron chi connectivity index (χ2n) is 8.51. The summed E-state index contributed by atoms with van der Waals surface area (Å²) in [5, 5.41) is 3.81. The van der Waals surface area contributed by atoms with Crippen LogP contribution in [-0.4, -0.2) is 53.0 Å². The van der Waals surface area contributed by atoms with Gasteiger partial charge in [-0.2, -0.15) is 0 Å². The number of alkyl halides is 1. The van der Waals surface area contributed by atoms with E-state index in [9.17, 15) is 9.18 Å². The lowest BCUT2D eigenvalue weighted by molar-refractivity contribution is -0.140. The first kappa shape index (κ1) is 18.8. The number of aromatic nitrogens is 1. The number of pyridine rings is 1. The van der Waals surface area contributed by atoms with Crippen molar-refractivity contribution in [3.63, 3.8) is 0 Å². The molecule has 0 spiro atoms. The van der Waals surface area contributed by atoms with Gasteiger partial charge < -0.3 is 15.0 Å².